The predicted octanol–water partition coefficient (Wildman–Crippen LogP) is 4.90. The molecule has 3 aromatic carbocycles. The maximum atomic E-state index is 14.3. The highest BCUT2D eigenvalue weighted by molar-refractivity contribution is 7.92. The summed E-state index contributed by atoms with van der Waals surface area (Å²) in [5.41, 5.74) is 0.697. The molecule has 1 aliphatic rings. The Labute approximate surface area is 252 Å². The average molecular weight is 612 g/mol. The van der Waals surface area contributed by atoms with Gasteiger partial charge < -0.3 is 19.7 Å². The third-order valence-corrected chi connectivity index (χ3v) is 9.39. The molecular formula is C32H38FN3O6S. The van der Waals surface area contributed by atoms with E-state index in [0.717, 1.165) is 30.0 Å². The third kappa shape index (κ3) is 7.64. The first-order valence-electron chi connectivity index (χ1n) is 14.3. The molecule has 0 heterocycles. The van der Waals surface area contributed by atoms with Gasteiger partial charge in [-0.3, -0.25) is 13.9 Å². The van der Waals surface area contributed by atoms with Gasteiger partial charge in [-0.2, -0.15) is 0 Å². The van der Waals surface area contributed by atoms with Gasteiger partial charge in [-0.1, -0.05) is 50.1 Å². The lowest BCUT2D eigenvalue weighted by atomic mass is 10.1. The number of carbonyl (C=O) groups is 2. The summed E-state index contributed by atoms with van der Waals surface area (Å²) in [5.74, 6) is -0.771. The molecule has 4 rings (SSSR count). The van der Waals surface area contributed by atoms with E-state index in [1.165, 1.54) is 49.5 Å². The van der Waals surface area contributed by atoms with Crippen LogP contribution >= 0.6 is 0 Å². The second-order valence-corrected chi connectivity index (χ2v) is 12.3. The maximum absolute atomic E-state index is 14.3. The lowest BCUT2D eigenvalue weighted by molar-refractivity contribution is -0.140. The van der Waals surface area contributed by atoms with E-state index in [9.17, 15) is 22.4 Å². The minimum Gasteiger partial charge on any atom is -0.497 e. The highest BCUT2D eigenvalue weighted by Gasteiger charge is 2.35. The van der Waals surface area contributed by atoms with Crippen molar-refractivity contribution >= 4 is 27.5 Å². The molecule has 0 spiro atoms. The molecule has 230 valence electrons. The zero-order valence-electron chi connectivity index (χ0n) is 24.7. The molecule has 1 atom stereocenters. The van der Waals surface area contributed by atoms with Crippen molar-refractivity contribution in [3.05, 3.63) is 84.2 Å². The van der Waals surface area contributed by atoms with E-state index in [1.807, 2.05) is 0 Å². The normalized spacial score (nSPS) is 14.1. The first-order chi connectivity index (χ1) is 20.7. The summed E-state index contributed by atoms with van der Waals surface area (Å²) in [7, 11) is -1.43. The monoisotopic (exact) mass is 611 g/mol. The number of hydrogen-bond acceptors (Lipinski definition) is 6. The number of rotatable bonds is 13. The van der Waals surface area contributed by atoms with Crippen LogP contribution in [0.15, 0.2) is 77.7 Å². The van der Waals surface area contributed by atoms with Crippen LogP contribution in [0.4, 0.5) is 10.1 Å². The fraction of sp³-hybridized carbons (Fsp3) is 0.375. The molecule has 3 aromatic rings. The molecule has 0 aliphatic heterocycles. The van der Waals surface area contributed by atoms with Crippen molar-refractivity contribution in [1.29, 1.82) is 0 Å². The van der Waals surface area contributed by atoms with E-state index in [0.29, 0.717) is 17.7 Å². The molecule has 1 aliphatic carbocycles. The van der Waals surface area contributed by atoms with Gasteiger partial charge in [-0.25, -0.2) is 12.8 Å². The molecule has 1 N–H and O–H groups in total. The van der Waals surface area contributed by atoms with Crippen molar-refractivity contribution < 1.29 is 31.9 Å². The van der Waals surface area contributed by atoms with Gasteiger partial charge in [0.2, 0.25) is 11.8 Å². The van der Waals surface area contributed by atoms with Gasteiger partial charge in [0.15, 0.2) is 0 Å². The number of carbonyl (C=O) groups excluding carboxylic acids is 2. The fourth-order valence-corrected chi connectivity index (χ4v) is 6.74. The highest BCUT2D eigenvalue weighted by Crippen LogP contribution is 2.36. The first kappa shape index (κ1) is 31.8. The van der Waals surface area contributed by atoms with Gasteiger partial charge in [0.1, 0.15) is 29.9 Å². The number of ether oxygens (including phenoxy) is 2. The minimum absolute atomic E-state index is 0.0236. The molecule has 0 saturated heterocycles. The van der Waals surface area contributed by atoms with Crippen LogP contribution in [-0.2, 0) is 26.2 Å². The molecule has 1 fully saturated rings. The van der Waals surface area contributed by atoms with E-state index in [4.69, 9.17) is 9.47 Å². The smallest absolute Gasteiger partial charge is 0.264 e. The molecule has 0 unspecified atom stereocenters. The molecule has 0 bridgehead atoms. The van der Waals surface area contributed by atoms with Crippen LogP contribution in [0.2, 0.25) is 0 Å². The summed E-state index contributed by atoms with van der Waals surface area (Å²) in [4.78, 5) is 29.2. The zero-order valence-corrected chi connectivity index (χ0v) is 25.5. The van der Waals surface area contributed by atoms with Gasteiger partial charge in [-0.15, -0.1) is 0 Å². The lowest BCUT2D eigenvalue weighted by Gasteiger charge is -2.34. The number of methoxy groups -OCH3 is 2. The van der Waals surface area contributed by atoms with Gasteiger partial charge in [-0.05, 0) is 61.2 Å². The Morgan fingerprint density at radius 3 is 2.26 bits per heavy atom. The fourth-order valence-electron chi connectivity index (χ4n) is 5.30. The number of halogens is 1. The Bertz CT molecular complexity index is 1500. The maximum Gasteiger partial charge on any atom is 0.264 e. The van der Waals surface area contributed by atoms with Crippen molar-refractivity contribution in [2.75, 3.05) is 25.1 Å². The van der Waals surface area contributed by atoms with Crippen molar-refractivity contribution in [2.45, 2.75) is 62.6 Å². The summed E-state index contributed by atoms with van der Waals surface area (Å²) in [6.07, 6.45) is 4.07. The van der Waals surface area contributed by atoms with E-state index in [2.05, 4.69) is 5.32 Å². The lowest BCUT2D eigenvalue weighted by Crippen LogP contribution is -2.53. The summed E-state index contributed by atoms with van der Waals surface area (Å²) in [6.45, 7) is 1.15. The zero-order chi connectivity index (χ0) is 31.0. The molecule has 43 heavy (non-hydrogen) atoms. The summed E-state index contributed by atoms with van der Waals surface area (Å²) >= 11 is 0. The van der Waals surface area contributed by atoms with E-state index in [-0.39, 0.29) is 34.8 Å². The molecule has 11 heteroatoms. The number of hydrogen-bond donors (Lipinski definition) is 1. The van der Waals surface area contributed by atoms with E-state index in [1.54, 1.807) is 49.4 Å². The molecule has 1 saturated carbocycles. The second-order valence-electron chi connectivity index (χ2n) is 10.4. The van der Waals surface area contributed by atoms with Crippen molar-refractivity contribution in [1.82, 2.24) is 10.2 Å². The minimum atomic E-state index is -4.29. The van der Waals surface area contributed by atoms with E-state index < -0.39 is 34.3 Å². The number of amides is 2. The standard InChI is InChI=1S/C32H38FN3O6S/c1-4-28(32(38)34-25-10-8-9-11-25)35(21-23-14-16-24(33)17-15-23)31(37)22-36(43(39,40)27-12-6-5-7-13-27)29-20-26(41-2)18-19-30(29)42-3/h5-7,12-20,25,28H,4,8-11,21-22H2,1-3H3,(H,34,38)/t28-/m1/s1. The number of sulfonamides is 1. The van der Waals surface area contributed by atoms with Crippen LogP contribution in [0.5, 0.6) is 11.5 Å². The molecule has 9 nitrogen and oxygen atoms in total. The topological polar surface area (TPSA) is 105 Å². The van der Waals surface area contributed by atoms with Crippen molar-refractivity contribution in [3.8, 4) is 11.5 Å². The van der Waals surface area contributed by atoms with Gasteiger partial charge >= 0.3 is 0 Å². The van der Waals surface area contributed by atoms with E-state index >= 15 is 0 Å². The molecule has 0 radical (unpaired) electrons. The van der Waals surface area contributed by atoms with Crippen LogP contribution in [-0.4, -0.2) is 58.0 Å². The highest BCUT2D eigenvalue weighted by atomic mass is 32.2. The van der Waals surface area contributed by atoms with Gasteiger partial charge in [0, 0.05) is 18.7 Å². The number of nitrogens with one attached hydrogen (secondary N) is 1. The average Bonchev–Trinajstić information content (AvgIpc) is 3.53. The third-order valence-electron chi connectivity index (χ3n) is 7.62. The number of benzene rings is 3. The summed E-state index contributed by atoms with van der Waals surface area (Å²) in [6, 6.07) is 17.2. The summed E-state index contributed by atoms with van der Waals surface area (Å²) < 4.78 is 53.7. The Morgan fingerprint density at radius 1 is 0.977 bits per heavy atom. The van der Waals surface area contributed by atoms with Crippen molar-refractivity contribution in [2.24, 2.45) is 0 Å². The SMILES string of the molecule is CC[C@H](C(=O)NC1CCCC1)N(Cc1ccc(F)cc1)C(=O)CN(c1cc(OC)ccc1OC)S(=O)(=O)c1ccccc1. The van der Waals surface area contributed by atoms with Crippen LogP contribution in [0.1, 0.15) is 44.6 Å². The molecule has 2 amide bonds. The largest absolute Gasteiger partial charge is 0.497 e. The number of anilines is 1. The van der Waals surface area contributed by atoms with Crippen LogP contribution < -0.4 is 19.1 Å². The predicted molar refractivity (Wildman–Crippen MR) is 162 cm³/mol. The van der Waals surface area contributed by atoms with Crippen LogP contribution in [0.3, 0.4) is 0 Å². The Kier molecular flexibility index (Phi) is 10.6. The van der Waals surface area contributed by atoms with Crippen molar-refractivity contribution in [3.63, 3.8) is 0 Å². The Hall–Kier alpha value is -4.12. The molecule has 0 aromatic heterocycles. The van der Waals surface area contributed by atoms with Crippen LogP contribution in [0, 0.1) is 5.82 Å². The molecular weight excluding hydrogens is 573 g/mol. The number of nitrogens with zero attached hydrogens (tertiary/aromatic N) is 2. The van der Waals surface area contributed by atoms with Crippen LogP contribution in [0.25, 0.3) is 0 Å². The van der Waals surface area contributed by atoms with Gasteiger partial charge in [0.05, 0.1) is 24.8 Å². The summed E-state index contributed by atoms with van der Waals surface area (Å²) in [5, 5.41) is 3.07. The second kappa shape index (κ2) is 14.4. The Morgan fingerprint density at radius 2 is 1.65 bits per heavy atom. The first-order valence-corrected chi connectivity index (χ1v) is 15.8. The Balaban J connectivity index is 1.77. The quantitative estimate of drug-likeness (QED) is 0.295. The van der Waals surface area contributed by atoms with Gasteiger partial charge in [0.25, 0.3) is 10.0 Å².